The number of aldehydes is 1. The number of halogens is 2. The van der Waals surface area contributed by atoms with E-state index < -0.39 is 31.6 Å². The zero-order valence-electron chi connectivity index (χ0n) is 19.3. The first-order valence-electron chi connectivity index (χ1n) is 12.4. The van der Waals surface area contributed by atoms with E-state index in [2.05, 4.69) is 9.88 Å². The van der Waals surface area contributed by atoms with Crippen molar-refractivity contribution in [3.05, 3.63) is 22.7 Å². The molecule has 0 spiro atoms. The largest absolute Gasteiger partial charge is 0.490 e. The first-order chi connectivity index (χ1) is 16.6. The average molecular weight is 494 g/mol. The number of hydrogen-bond donors (Lipinski definition) is 1. The minimum Gasteiger partial charge on any atom is -0.490 e. The monoisotopic (exact) mass is 493 g/mol. The van der Waals surface area contributed by atoms with Crippen LogP contribution in [0.3, 0.4) is 0 Å². The lowest BCUT2D eigenvalue weighted by molar-refractivity contribution is -0.114. The molecule has 2 fully saturated rings. The van der Waals surface area contributed by atoms with Crippen molar-refractivity contribution in [2.24, 2.45) is 5.73 Å². The van der Waals surface area contributed by atoms with Gasteiger partial charge < -0.3 is 20.0 Å². The molecule has 1 saturated heterocycles. The fourth-order valence-electron chi connectivity index (χ4n) is 5.98. The standard InChI is InChI=1S/C25H33F2N3O3S/c26-10-19-12-30(13-20(11-27)32-19)17-2-4-18(5-3-17)33-21-7-8-29-25-24(21)23-15(9-16(28)14-31)1-6-22(23)34-25/h7-8,14-20H,1-6,9-13,28H2/t15-,16?,17?,18?,19-,20-/m1/s1. The minimum absolute atomic E-state index is 0.101. The van der Waals surface area contributed by atoms with Crippen molar-refractivity contribution in [1.29, 1.82) is 0 Å². The Labute approximate surface area is 202 Å². The van der Waals surface area contributed by atoms with Gasteiger partial charge in [0.05, 0.1) is 29.7 Å². The zero-order valence-corrected chi connectivity index (χ0v) is 20.2. The first kappa shape index (κ1) is 24.0. The number of carbonyl (C=O) groups is 1. The summed E-state index contributed by atoms with van der Waals surface area (Å²) >= 11 is 1.72. The molecule has 186 valence electrons. The molecule has 34 heavy (non-hydrogen) atoms. The highest BCUT2D eigenvalue weighted by Gasteiger charge is 2.35. The van der Waals surface area contributed by atoms with Gasteiger partial charge in [0.15, 0.2) is 0 Å². The van der Waals surface area contributed by atoms with Crippen molar-refractivity contribution in [3.63, 3.8) is 0 Å². The molecule has 0 radical (unpaired) electrons. The Bertz CT molecular complexity index is 985. The summed E-state index contributed by atoms with van der Waals surface area (Å²) in [6, 6.07) is 1.82. The molecule has 1 unspecified atom stereocenters. The Morgan fingerprint density at radius 2 is 1.94 bits per heavy atom. The van der Waals surface area contributed by atoms with Crippen molar-refractivity contribution in [1.82, 2.24) is 9.88 Å². The van der Waals surface area contributed by atoms with Crippen molar-refractivity contribution in [2.45, 2.75) is 81.3 Å². The third-order valence-electron chi connectivity index (χ3n) is 7.59. The maximum absolute atomic E-state index is 13.2. The number of fused-ring (bicyclic) bond motifs is 3. The van der Waals surface area contributed by atoms with Gasteiger partial charge in [0, 0.05) is 30.2 Å². The number of nitrogens with two attached hydrogens (primary N) is 1. The molecular formula is C25H33F2N3O3S. The Balaban J connectivity index is 1.27. The molecule has 0 amide bonds. The van der Waals surface area contributed by atoms with Gasteiger partial charge in [-0.05, 0) is 62.5 Å². The van der Waals surface area contributed by atoms with E-state index in [-0.39, 0.29) is 12.0 Å². The summed E-state index contributed by atoms with van der Waals surface area (Å²) in [6.45, 7) is -0.0978. The molecule has 0 bridgehead atoms. The number of pyridine rings is 1. The van der Waals surface area contributed by atoms with Gasteiger partial charge in [-0.15, -0.1) is 11.3 Å². The number of hydrogen-bond acceptors (Lipinski definition) is 7. The van der Waals surface area contributed by atoms with Gasteiger partial charge in [-0.2, -0.15) is 0 Å². The first-order valence-corrected chi connectivity index (χ1v) is 13.2. The average Bonchev–Trinajstić information content (AvgIpc) is 3.44. The lowest BCUT2D eigenvalue weighted by Crippen LogP contribution is -2.54. The maximum atomic E-state index is 13.2. The van der Waals surface area contributed by atoms with Crippen LogP contribution >= 0.6 is 11.3 Å². The molecule has 5 rings (SSSR count). The number of nitrogens with zero attached hydrogens (tertiary/aromatic N) is 2. The number of morpholine rings is 1. The fourth-order valence-corrected chi connectivity index (χ4v) is 7.24. The number of carbonyl (C=O) groups excluding carboxylic acids is 1. The lowest BCUT2D eigenvalue weighted by atomic mass is 9.90. The van der Waals surface area contributed by atoms with E-state index in [9.17, 15) is 13.6 Å². The topological polar surface area (TPSA) is 77.7 Å². The summed E-state index contributed by atoms with van der Waals surface area (Å²) in [5.41, 5.74) is 7.23. The number of aryl methyl sites for hydroxylation is 1. The molecular weight excluding hydrogens is 460 g/mol. The van der Waals surface area contributed by atoms with E-state index in [1.165, 1.54) is 10.4 Å². The van der Waals surface area contributed by atoms with Crippen molar-refractivity contribution >= 4 is 27.8 Å². The normalized spacial score (nSPS) is 30.9. The quantitative estimate of drug-likeness (QED) is 0.562. The second-order valence-corrected chi connectivity index (χ2v) is 11.0. The molecule has 0 aromatic carbocycles. The molecule has 2 aromatic heterocycles. The number of rotatable bonds is 8. The summed E-state index contributed by atoms with van der Waals surface area (Å²) in [5.74, 6) is 1.14. The number of aromatic nitrogens is 1. The highest BCUT2D eigenvalue weighted by molar-refractivity contribution is 7.19. The highest BCUT2D eigenvalue weighted by Crippen LogP contribution is 2.48. The third kappa shape index (κ3) is 4.85. The molecule has 2 N–H and O–H groups in total. The van der Waals surface area contributed by atoms with Gasteiger partial charge in [-0.3, -0.25) is 4.90 Å². The Morgan fingerprint density at radius 1 is 1.21 bits per heavy atom. The summed E-state index contributed by atoms with van der Waals surface area (Å²) in [6.07, 6.45) is 8.02. The third-order valence-corrected chi connectivity index (χ3v) is 8.76. The predicted octanol–water partition coefficient (Wildman–Crippen LogP) is 3.94. The summed E-state index contributed by atoms with van der Waals surface area (Å²) in [4.78, 5) is 20.3. The van der Waals surface area contributed by atoms with E-state index >= 15 is 0 Å². The van der Waals surface area contributed by atoms with Crippen LogP contribution in [0, 0.1) is 0 Å². The molecule has 3 aliphatic rings. The smallest absolute Gasteiger partial charge is 0.136 e. The van der Waals surface area contributed by atoms with Crippen LogP contribution in [-0.4, -0.2) is 73.0 Å². The number of ether oxygens (including phenoxy) is 2. The molecule has 1 aliphatic heterocycles. The molecule has 4 atom stereocenters. The molecule has 2 aliphatic carbocycles. The van der Waals surface area contributed by atoms with Crippen molar-refractivity contribution in [3.8, 4) is 5.75 Å². The van der Waals surface area contributed by atoms with Gasteiger partial charge in [-0.1, -0.05) is 0 Å². The van der Waals surface area contributed by atoms with Crippen LogP contribution in [0.4, 0.5) is 8.78 Å². The molecule has 9 heteroatoms. The van der Waals surface area contributed by atoms with Gasteiger partial charge in [0.2, 0.25) is 0 Å². The van der Waals surface area contributed by atoms with Gasteiger partial charge in [-0.25, -0.2) is 13.8 Å². The van der Waals surface area contributed by atoms with Crippen LogP contribution in [0.1, 0.15) is 54.9 Å². The molecule has 6 nitrogen and oxygen atoms in total. The summed E-state index contributed by atoms with van der Waals surface area (Å²) in [5, 5.41) is 1.09. The SMILES string of the molecule is NC(C=O)C[C@H]1CCc2sc3nccc(OC4CCC(N5C[C@@H](CF)O[C@H](CF)C5)CC4)c3c21. The van der Waals surface area contributed by atoms with Crippen LogP contribution in [0.25, 0.3) is 10.2 Å². The predicted molar refractivity (Wildman–Crippen MR) is 128 cm³/mol. The second-order valence-electron chi connectivity index (χ2n) is 9.89. The van der Waals surface area contributed by atoms with Crippen LogP contribution in [-0.2, 0) is 16.0 Å². The van der Waals surface area contributed by atoms with Crippen LogP contribution in [0.5, 0.6) is 5.75 Å². The van der Waals surface area contributed by atoms with E-state index in [1.54, 1.807) is 11.3 Å². The van der Waals surface area contributed by atoms with Gasteiger partial charge in [0.25, 0.3) is 0 Å². The Hall–Kier alpha value is -1.68. The fraction of sp³-hybridized carbons (Fsp3) is 0.680. The molecule has 3 heterocycles. The minimum atomic E-state index is -0.576. The van der Waals surface area contributed by atoms with E-state index in [4.69, 9.17) is 15.2 Å². The summed E-state index contributed by atoms with van der Waals surface area (Å²) < 4.78 is 38.5. The van der Waals surface area contributed by atoms with Gasteiger partial charge >= 0.3 is 0 Å². The van der Waals surface area contributed by atoms with E-state index in [0.29, 0.717) is 25.6 Å². The summed E-state index contributed by atoms with van der Waals surface area (Å²) in [7, 11) is 0. The van der Waals surface area contributed by atoms with Crippen LogP contribution in [0.15, 0.2) is 12.3 Å². The highest BCUT2D eigenvalue weighted by atomic mass is 32.1. The van der Waals surface area contributed by atoms with Crippen molar-refractivity contribution < 1.29 is 23.0 Å². The Morgan fingerprint density at radius 3 is 2.62 bits per heavy atom. The molecule has 1 saturated carbocycles. The van der Waals surface area contributed by atoms with Crippen LogP contribution in [0.2, 0.25) is 0 Å². The van der Waals surface area contributed by atoms with E-state index in [0.717, 1.165) is 60.8 Å². The number of alkyl halides is 2. The zero-order chi connectivity index (χ0) is 23.7. The Kier molecular flexibility index (Phi) is 7.44. The number of thiophene rings is 1. The molecule has 2 aromatic rings. The maximum Gasteiger partial charge on any atom is 0.136 e. The van der Waals surface area contributed by atoms with Gasteiger partial charge in [0.1, 0.15) is 30.2 Å². The van der Waals surface area contributed by atoms with Crippen molar-refractivity contribution in [2.75, 3.05) is 26.4 Å². The lowest BCUT2D eigenvalue weighted by Gasteiger charge is -2.43. The van der Waals surface area contributed by atoms with Crippen LogP contribution < -0.4 is 10.5 Å². The van der Waals surface area contributed by atoms with E-state index in [1.807, 2.05) is 12.3 Å². The second kappa shape index (κ2) is 10.5.